The normalized spacial score (nSPS) is 8.31. The van der Waals surface area contributed by atoms with Crippen LogP contribution in [0.1, 0.15) is 0 Å². The van der Waals surface area contributed by atoms with Crippen LogP contribution in [-0.2, 0) is 0 Å². The van der Waals surface area contributed by atoms with Crippen molar-refractivity contribution in [2.75, 3.05) is 0 Å². The molecule has 0 aromatic carbocycles. The van der Waals surface area contributed by atoms with Gasteiger partial charge in [-0.05, 0) is 0 Å². The van der Waals surface area contributed by atoms with Gasteiger partial charge in [0.15, 0.2) is 0 Å². The second-order valence-electron chi connectivity index (χ2n) is 1.02. The largest absolute Gasteiger partial charge is 1.00 e. The molecule has 0 atom stereocenters. The maximum absolute atomic E-state index is 4.72. The predicted octanol–water partition coefficient (Wildman–Crippen LogP) is -11.7. The first kappa shape index (κ1) is 23.9. The molecule has 62 valence electrons. The zero-order valence-corrected chi connectivity index (χ0v) is 8.02. The second-order valence-corrected chi connectivity index (χ2v) is 1.02. The minimum atomic E-state index is 0. The molecule has 0 spiro atoms. The molecule has 0 aromatic rings. The van der Waals surface area contributed by atoms with Gasteiger partial charge in [0, 0.05) is 0 Å². The number of nitrogens with one attached hydrogen (secondary N) is 3. The fraction of sp³-hybridized carbons (Fsp3) is 0. The number of nitrogens with two attached hydrogens (primary N) is 3. The van der Waals surface area contributed by atoms with Crippen LogP contribution >= 0.6 is 0 Å². The number of nitrogens with zero attached hydrogens (tertiary/aromatic N) is 4. The molecule has 13 heavy (non-hydrogen) atoms. The van der Waals surface area contributed by atoms with Crippen molar-refractivity contribution in [2.45, 2.75) is 0 Å². The molecule has 10 nitrogen and oxygen atoms in total. The van der Waals surface area contributed by atoms with Crippen molar-refractivity contribution < 1.29 is 56.6 Å². The standard InChI is InChI=1S/3Li.H9N10/c;;;1-4-7-10(8-5-2)9-6-3/h;;;7-9H,1-3H2/q3*+1;-3. The third-order valence-corrected chi connectivity index (χ3v) is 0.473. The van der Waals surface area contributed by atoms with Crippen LogP contribution in [-0.4, -0.2) is 5.23 Å². The quantitative estimate of drug-likeness (QED) is 0.131. The monoisotopic (exact) mass is 170 g/mol. The van der Waals surface area contributed by atoms with Crippen molar-refractivity contribution in [3.8, 4) is 0 Å². The van der Waals surface area contributed by atoms with Crippen LogP contribution in [0.25, 0.3) is 16.6 Å². The molecule has 0 aromatic heterocycles. The van der Waals surface area contributed by atoms with Gasteiger partial charge in [-0.25, -0.2) is 0 Å². The van der Waals surface area contributed by atoms with E-state index in [2.05, 4.69) is 33.2 Å². The van der Waals surface area contributed by atoms with Crippen LogP contribution in [0.3, 0.4) is 0 Å². The number of hydrazine groups is 3. The van der Waals surface area contributed by atoms with Gasteiger partial charge in [0.2, 0.25) is 0 Å². The summed E-state index contributed by atoms with van der Waals surface area (Å²) in [5, 5.41) is 0.917. The molecule has 0 aliphatic heterocycles. The van der Waals surface area contributed by atoms with Crippen molar-refractivity contribution in [1.82, 2.24) is 21.8 Å². The summed E-state index contributed by atoms with van der Waals surface area (Å²) in [6.07, 6.45) is 0. The summed E-state index contributed by atoms with van der Waals surface area (Å²) in [4.78, 5) is 0. The molecule has 0 saturated carbocycles. The Labute approximate surface area is 112 Å². The molecule has 9 N–H and O–H groups in total. The van der Waals surface area contributed by atoms with E-state index in [4.69, 9.17) is 17.5 Å². The van der Waals surface area contributed by atoms with E-state index in [1.165, 1.54) is 0 Å². The average Bonchev–Trinajstić information content (AvgIpc) is 1.90. The minimum absolute atomic E-state index is 0. The van der Waals surface area contributed by atoms with E-state index < -0.39 is 0 Å². The molecule has 0 aliphatic rings. The first-order chi connectivity index (χ1) is 4.85. The van der Waals surface area contributed by atoms with Gasteiger partial charge in [-0.3, -0.25) is 0 Å². The van der Waals surface area contributed by atoms with E-state index in [1.807, 2.05) is 0 Å². The van der Waals surface area contributed by atoms with Crippen LogP contribution in [0.15, 0.2) is 0 Å². The summed E-state index contributed by atoms with van der Waals surface area (Å²) < 4.78 is 0. The van der Waals surface area contributed by atoms with E-state index >= 15 is 0 Å². The van der Waals surface area contributed by atoms with Gasteiger partial charge in [-0.1, -0.05) is 0 Å². The molecule has 0 amide bonds. The summed E-state index contributed by atoms with van der Waals surface area (Å²) in [5.74, 6) is 14.2. The number of rotatable bonds is 6. The molecule has 0 heterocycles. The fourth-order valence-corrected chi connectivity index (χ4v) is 0.240. The smallest absolute Gasteiger partial charge is 0.518 e. The molecular weight excluding hydrogens is 161 g/mol. The molecule has 0 rings (SSSR count). The Morgan fingerprint density at radius 1 is 0.692 bits per heavy atom. The first-order valence-electron chi connectivity index (χ1n) is 2.12. The van der Waals surface area contributed by atoms with E-state index in [0.717, 1.165) is 5.23 Å². The zero-order chi connectivity index (χ0) is 7.82. The topological polar surface area (TPSA) is 160 Å². The van der Waals surface area contributed by atoms with E-state index in [-0.39, 0.29) is 56.6 Å². The summed E-state index contributed by atoms with van der Waals surface area (Å²) in [6, 6.07) is 0. The van der Waals surface area contributed by atoms with Gasteiger partial charge >= 0.3 is 56.6 Å². The van der Waals surface area contributed by atoms with Crippen molar-refractivity contribution in [1.29, 1.82) is 0 Å². The minimum Gasteiger partial charge on any atom is -0.518 e. The van der Waals surface area contributed by atoms with Crippen molar-refractivity contribution >= 4 is 0 Å². The summed E-state index contributed by atoms with van der Waals surface area (Å²) in [7, 11) is 0. The van der Waals surface area contributed by atoms with Gasteiger partial charge in [-0.2, -0.15) is 5.23 Å². The molecule has 13 heteroatoms. The summed E-state index contributed by atoms with van der Waals surface area (Å²) >= 11 is 0. The number of hydrogen-bond acceptors (Lipinski definition) is 7. The average molecular weight is 170 g/mol. The molecular formula is H9Li3N10. The molecule has 0 radical (unpaired) electrons. The Morgan fingerprint density at radius 2 is 0.923 bits per heavy atom. The Bertz CT molecular complexity index is 52.9. The Kier molecular flexibility index (Phi) is 35.0. The Morgan fingerprint density at radius 3 is 1.08 bits per heavy atom. The summed E-state index contributed by atoms with van der Waals surface area (Å²) in [5.41, 5.74) is 15.4. The molecule has 0 bridgehead atoms. The van der Waals surface area contributed by atoms with Gasteiger partial charge in [-0.15, -0.1) is 0 Å². The first-order valence-corrected chi connectivity index (χ1v) is 2.12. The third-order valence-electron chi connectivity index (χ3n) is 0.473. The Hall–Kier alpha value is 1.39. The van der Waals surface area contributed by atoms with Gasteiger partial charge in [0.25, 0.3) is 0 Å². The SMILES string of the molecule is N[N-]NN(N[N-]N)N[N-]N.[Li+].[Li+].[Li+]. The van der Waals surface area contributed by atoms with Crippen molar-refractivity contribution in [3.05, 3.63) is 16.6 Å². The van der Waals surface area contributed by atoms with Crippen LogP contribution < -0.4 is 90.7 Å². The third kappa shape index (κ3) is 16.1. The second kappa shape index (κ2) is 19.0. The van der Waals surface area contributed by atoms with E-state index in [1.54, 1.807) is 0 Å². The summed E-state index contributed by atoms with van der Waals surface area (Å²) in [6.45, 7) is 0. The van der Waals surface area contributed by atoms with Gasteiger partial charge in [0.1, 0.15) is 0 Å². The molecule has 0 saturated heterocycles. The fourth-order valence-electron chi connectivity index (χ4n) is 0.240. The zero-order valence-electron chi connectivity index (χ0n) is 8.02. The molecule has 0 fully saturated rings. The van der Waals surface area contributed by atoms with Crippen LogP contribution in [0, 0.1) is 0 Å². The van der Waals surface area contributed by atoms with E-state index in [0.29, 0.717) is 0 Å². The van der Waals surface area contributed by atoms with Gasteiger partial charge in [0.05, 0.1) is 0 Å². The van der Waals surface area contributed by atoms with E-state index in [9.17, 15) is 0 Å². The maximum Gasteiger partial charge on any atom is 1.00 e. The van der Waals surface area contributed by atoms with Crippen LogP contribution in [0.2, 0.25) is 0 Å². The van der Waals surface area contributed by atoms with Crippen molar-refractivity contribution in [3.63, 3.8) is 0 Å². The van der Waals surface area contributed by atoms with Crippen LogP contribution in [0.4, 0.5) is 0 Å². The Balaban J connectivity index is -0.000000135. The number of hydrogen-bond donors (Lipinski definition) is 6. The van der Waals surface area contributed by atoms with Crippen molar-refractivity contribution in [2.24, 2.45) is 17.5 Å². The predicted molar refractivity (Wildman–Crippen MR) is 33.9 cm³/mol. The van der Waals surface area contributed by atoms with Gasteiger partial charge < -0.3 is 50.7 Å². The molecule has 0 unspecified atom stereocenters. The van der Waals surface area contributed by atoms with Crippen LogP contribution in [0.5, 0.6) is 0 Å². The molecule has 0 aliphatic carbocycles. The maximum atomic E-state index is 4.72.